The van der Waals surface area contributed by atoms with Crippen molar-refractivity contribution >= 4 is 34.6 Å². The third-order valence-electron chi connectivity index (χ3n) is 3.09. The van der Waals surface area contributed by atoms with Crippen molar-refractivity contribution in [3.8, 4) is 9.88 Å². The number of rotatable bonds is 3. The highest BCUT2D eigenvalue weighted by Gasteiger charge is 2.36. The fourth-order valence-corrected chi connectivity index (χ4v) is 3.84. The number of nitrogens with zero attached hydrogens (tertiary/aromatic N) is 1. The van der Waals surface area contributed by atoms with Crippen LogP contribution in [0.15, 0.2) is 17.5 Å². The lowest BCUT2D eigenvalue weighted by molar-refractivity contribution is -0.147. The first-order valence-corrected chi connectivity index (χ1v) is 8.17. The van der Waals surface area contributed by atoms with Gasteiger partial charge in [0.05, 0.1) is 10.6 Å². The SMILES string of the molecule is Cc1nc(-c2cccs2)sc1C(=O)O[C@@H]1C[C@H](C)OC1=O. The predicted molar refractivity (Wildman–Crippen MR) is 79.5 cm³/mol. The summed E-state index contributed by atoms with van der Waals surface area (Å²) in [6.07, 6.45) is -0.612. The van der Waals surface area contributed by atoms with E-state index in [9.17, 15) is 9.59 Å². The highest BCUT2D eigenvalue weighted by atomic mass is 32.1. The first-order chi connectivity index (χ1) is 10.0. The van der Waals surface area contributed by atoms with Gasteiger partial charge in [-0.1, -0.05) is 6.07 Å². The maximum atomic E-state index is 12.2. The standard InChI is InChI=1S/C14H13NO4S2/c1-7-6-9(13(16)18-7)19-14(17)11-8(2)15-12(21-11)10-4-3-5-20-10/h3-5,7,9H,6H2,1-2H3/t7-,9+/m0/s1. The van der Waals surface area contributed by atoms with Gasteiger partial charge >= 0.3 is 11.9 Å². The number of hydrogen-bond donors (Lipinski definition) is 0. The minimum atomic E-state index is -0.806. The van der Waals surface area contributed by atoms with Crippen molar-refractivity contribution in [3.63, 3.8) is 0 Å². The number of carbonyl (C=O) groups is 2. The van der Waals surface area contributed by atoms with Crippen molar-refractivity contribution < 1.29 is 19.1 Å². The van der Waals surface area contributed by atoms with Gasteiger partial charge in [-0.25, -0.2) is 14.6 Å². The number of ether oxygens (including phenoxy) is 2. The first kappa shape index (κ1) is 14.2. The lowest BCUT2D eigenvalue weighted by Gasteiger charge is -2.06. The highest BCUT2D eigenvalue weighted by molar-refractivity contribution is 7.22. The van der Waals surface area contributed by atoms with Gasteiger partial charge in [-0.05, 0) is 25.3 Å². The Kier molecular flexibility index (Phi) is 3.77. The van der Waals surface area contributed by atoms with E-state index >= 15 is 0 Å². The molecule has 1 fully saturated rings. The van der Waals surface area contributed by atoms with Gasteiger partial charge in [0.1, 0.15) is 16.0 Å². The summed E-state index contributed by atoms with van der Waals surface area (Å²) in [6, 6.07) is 3.89. The van der Waals surface area contributed by atoms with E-state index in [0.717, 1.165) is 9.88 Å². The maximum Gasteiger partial charge on any atom is 0.351 e. The summed E-state index contributed by atoms with van der Waals surface area (Å²) in [4.78, 5) is 29.6. The largest absolute Gasteiger partial charge is 0.460 e. The summed E-state index contributed by atoms with van der Waals surface area (Å²) < 4.78 is 10.2. The van der Waals surface area contributed by atoms with Gasteiger partial charge in [0.2, 0.25) is 6.10 Å². The molecule has 2 aromatic rings. The quantitative estimate of drug-likeness (QED) is 0.812. The third-order valence-corrected chi connectivity index (χ3v) is 5.27. The molecule has 2 aromatic heterocycles. The topological polar surface area (TPSA) is 65.5 Å². The van der Waals surface area contributed by atoms with Crippen LogP contribution in [0.5, 0.6) is 0 Å². The molecule has 0 radical (unpaired) electrons. The molecule has 0 bridgehead atoms. The molecule has 0 spiro atoms. The fourth-order valence-electron chi connectivity index (χ4n) is 2.09. The van der Waals surface area contributed by atoms with Crippen LogP contribution >= 0.6 is 22.7 Å². The van der Waals surface area contributed by atoms with Gasteiger partial charge in [-0.2, -0.15) is 0 Å². The summed E-state index contributed by atoms with van der Waals surface area (Å²) in [6.45, 7) is 3.54. The summed E-state index contributed by atoms with van der Waals surface area (Å²) in [5.74, 6) is -0.986. The second-order valence-electron chi connectivity index (χ2n) is 4.79. The van der Waals surface area contributed by atoms with Gasteiger partial charge < -0.3 is 9.47 Å². The van der Waals surface area contributed by atoms with Crippen LogP contribution < -0.4 is 0 Å². The number of thiazole rings is 1. The van der Waals surface area contributed by atoms with Crippen molar-refractivity contribution in [2.75, 3.05) is 0 Å². The minimum absolute atomic E-state index is 0.209. The number of esters is 2. The molecule has 0 aromatic carbocycles. The Bertz CT molecular complexity index is 677. The molecule has 21 heavy (non-hydrogen) atoms. The Balaban J connectivity index is 1.78. The van der Waals surface area contributed by atoms with Gasteiger partial charge in [0, 0.05) is 6.42 Å². The number of carbonyl (C=O) groups excluding carboxylic acids is 2. The van der Waals surface area contributed by atoms with Gasteiger partial charge in [-0.3, -0.25) is 0 Å². The van der Waals surface area contributed by atoms with Crippen LogP contribution in [0.25, 0.3) is 9.88 Å². The number of aryl methyl sites for hydroxylation is 1. The molecule has 1 aliphatic rings. The molecule has 3 rings (SSSR count). The van der Waals surface area contributed by atoms with Crippen molar-refractivity contribution in [2.24, 2.45) is 0 Å². The molecule has 3 heterocycles. The second kappa shape index (κ2) is 5.57. The second-order valence-corrected chi connectivity index (χ2v) is 6.73. The van der Waals surface area contributed by atoms with Crippen molar-refractivity contribution in [1.82, 2.24) is 4.98 Å². The Morgan fingerprint density at radius 3 is 2.95 bits per heavy atom. The van der Waals surface area contributed by atoms with E-state index in [0.29, 0.717) is 17.0 Å². The zero-order chi connectivity index (χ0) is 15.0. The summed E-state index contributed by atoms with van der Waals surface area (Å²) in [5, 5.41) is 2.75. The lowest BCUT2D eigenvalue weighted by atomic mass is 10.2. The van der Waals surface area contributed by atoms with Crippen LogP contribution in [0.2, 0.25) is 0 Å². The summed E-state index contributed by atoms with van der Waals surface area (Å²) in [7, 11) is 0. The van der Waals surface area contributed by atoms with Crippen LogP contribution in [-0.4, -0.2) is 29.1 Å². The Morgan fingerprint density at radius 2 is 2.33 bits per heavy atom. The average Bonchev–Trinajstić information content (AvgIpc) is 3.11. The molecule has 0 unspecified atom stereocenters. The van der Waals surface area contributed by atoms with E-state index in [1.807, 2.05) is 17.5 Å². The Morgan fingerprint density at radius 1 is 1.52 bits per heavy atom. The minimum Gasteiger partial charge on any atom is -0.460 e. The zero-order valence-electron chi connectivity index (χ0n) is 11.5. The van der Waals surface area contributed by atoms with E-state index in [4.69, 9.17) is 9.47 Å². The molecule has 5 nitrogen and oxygen atoms in total. The molecular formula is C14H13NO4S2. The van der Waals surface area contributed by atoms with Gasteiger partial charge in [0.15, 0.2) is 0 Å². The Labute approximate surface area is 129 Å². The molecule has 7 heteroatoms. The van der Waals surface area contributed by atoms with Crippen molar-refractivity contribution in [1.29, 1.82) is 0 Å². The highest BCUT2D eigenvalue weighted by Crippen LogP contribution is 2.32. The van der Waals surface area contributed by atoms with Crippen LogP contribution in [-0.2, 0) is 14.3 Å². The Hall–Kier alpha value is -1.73. The molecule has 1 aliphatic heterocycles. The van der Waals surface area contributed by atoms with E-state index in [1.54, 1.807) is 25.2 Å². The number of cyclic esters (lactones) is 1. The normalized spacial score (nSPS) is 21.3. The molecule has 1 saturated heterocycles. The van der Waals surface area contributed by atoms with Crippen LogP contribution in [0.3, 0.4) is 0 Å². The smallest absolute Gasteiger partial charge is 0.351 e. The van der Waals surface area contributed by atoms with E-state index < -0.39 is 18.0 Å². The molecule has 2 atom stereocenters. The zero-order valence-corrected chi connectivity index (χ0v) is 13.1. The third kappa shape index (κ3) is 2.84. The maximum absolute atomic E-state index is 12.2. The van der Waals surface area contributed by atoms with Crippen LogP contribution in [0.4, 0.5) is 0 Å². The number of thiophene rings is 1. The van der Waals surface area contributed by atoms with Crippen molar-refractivity contribution in [2.45, 2.75) is 32.5 Å². The average molecular weight is 323 g/mol. The predicted octanol–water partition coefficient (Wildman–Crippen LogP) is 3.04. The molecular weight excluding hydrogens is 310 g/mol. The van der Waals surface area contributed by atoms with Crippen molar-refractivity contribution in [3.05, 3.63) is 28.1 Å². The molecule has 0 aliphatic carbocycles. The molecule has 0 saturated carbocycles. The lowest BCUT2D eigenvalue weighted by Crippen LogP contribution is -2.22. The van der Waals surface area contributed by atoms with Crippen LogP contribution in [0.1, 0.15) is 28.7 Å². The molecule has 0 amide bonds. The fraction of sp³-hybridized carbons (Fsp3) is 0.357. The summed E-state index contributed by atoms with van der Waals surface area (Å²) in [5.41, 5.74) is 0.618. The number of hydrogen-bond acceptors (Lipinski definition) is 7. The van der Waals surface area contributed by atoms with Gasteiger partial charge in [-0.15, -0.1) is 22.7 Å². The molecule has 110 valence electrons. The van der Waals surface area contributed by atoms with E-state index in [1.165, 1.54) is 11.3 Å². The first-order valence-electron chi connectivity index (χ1n) is 6.47. The van der Waals surface area contributed by atoms with E-state index in [-0.39, 0.29) is 6.10 Å². The van der Waals surface area contributed by atoms with Crippen LogP contribution in [0, 0.1) is 6.92 Å². The monoisotopic (exact) mass is 323 g/mol. The summed E-state index contributed by atoms with van der Waals surface area (Å²) >= 11 is 2.85. The van der Waals surface area contributed by atoms with Gasteiger partial charge in [0.25, 0.3) is 0 Å². The number of aromatic nitrogens is 1. The molecule has 0 N–H and O–H groups in total. The van der Waals surface area contributed by atoms with E-state index in [2.05, 4.69) is 4.98 Å².